The summed E-state index contributed by atoms with van der Waals surface area (Å²) in [4.78, 5) is 26.2. The van der Waals surface area contributed by atoms with Gasteiger partial charge in [0.25, 0.3) is 5.56 Å². The van der Waals surface area contributed by atoms with E-state index in [0.29, 0.717) is 19.0 Å². The smallest absolute Gasteiger partial charge is 0.257 e. The van der Waals surface area contributed by atoms with E-state index in [2.05, 4.69) is 9.87 Å². The first kappa shape index (κ1) is 20.6. The summed E-state index contributed by atoms with van der Waals surface area (Å²) < 4.78 is 33.6. The third kappa shape index (κ3) is 5.46. The van der Waals surface area contributed by atoms with Crippen LogP contribution in [-0.4, -0.2) is 16.7 Å². The third-order valence-corrected chi connectivity index (χ3v) is 4.27. The second kappa shape index (κ2) is 9.40. The molecule has 29 heavy (non-hydrogen) atoms. The van der Waals surface area contributed by atoms with Gasteiger partial charge in [0.2, 0.25) is 5.88 Å². The van der Waals surface area contributed by atoms with Gasteiger partial charge in [-0.1, -0.05) is 24.3 Å². The molecule has 6 nitrogen and oxygen atoms in total. The van der Waals surface area contributed by atoms with Crippen LogP contribution in [0.15, 0.2) is 53.3 Å². The lowest BCUT2D eigenvalue weighted by molar-refractivity contribution is -0.282. The maximum atomic E-state index is 13.7. The molecule has 0 unspecified atom stereocenters. The van der Waals surface area contributed by atoms with Gasteiger partial charge in [0, 0.05) is 11.6 Å². The van der Waals surface area contributed by atoms with Crippen LogP contribution in [0, 0.1) is 18.6 Å². The molecule has 0 fully saturated rings. The van der Waals surface area contributed by atoms with Crippen LogP contribution in [0.2, 0.25) is 0 Å². The summed E-state index contributed by atoms with van der Waals surface area (Å²) in [6, 6.07) is 12.0. The van der Waals surface area contributed by atoms with Gasteiger partial charge in [-0.25, -0.2) is 23.5 Å². The van der Waals surface area contributed by atoms with E-state index in [1.807, 2.05) is 24.3 Å². The number of hydrogen-bond acceptors (Lipinski definition) is 5. The molecule has 0 atom stereocenters. The predicted octanol–water partition coefficient (Wildman–Crippen LogP) is 3.54. The van der Waals surface area contributed by atoms with E-state index in [4.69, 9.17) is 9.62 Å². The summed E-state index contributed by atoms with van der Waals surface area (Å²) >= 11 is 0. The Bertz CT molecular complexity index is 1040. The maximum absolute atomic E-state index is 13.7. The van der Waals surface area contributed by atoms with E-state index < -0.39 is 11.6 Å². The lowest BCUT2D eigenvalue weighted by Crippen LogP contribution is -2.24. The van der Waals surface area contributed by atoms with Crippen molar-refractivity contribution < 1.29 is 23.3 Å². The number of aryl methyl sites for hydroxylation is 1. The molecule has 3 aromatic rings. The summed E-state index contributed by atoms with van der Waals surface area (Å²) in [6.45, 7) is 2.20. The fraction of sp³-hybridized carbons (Fsp3) is 0.238. The number of ether oxygens (including phenoxy) is 1. The van der Waals surface area contributed by atoms with Gasteiger partial charge in [-0.2, -0.15) is 0 Å². The van der Waals surface area contributed by atoms with Crippen LogP contribution in [0.3, 0.4) is 0 Å². The van der Waals surface area contributed by atoms with E-state index >= 15 is 0 Å². The van der Waals surface area contributed by atoms with Crippen molar-refractivity contribution in [2.75, 3.05) is 7.11 Å². The van der Waals surface area contributed by atoms with Crippen molar-refractivity contribution >= 4 is 0 Å². The van der Waals surface area contributed by atoms with Gasteiger partial charge >= 0.3 is 0 Å². The molecule has 0 aliphatic carbocycles. The molecule has 0 spiro atoms. The first-order valence-corrected chi connectivity index (χ1v) is 8.85. The zero-order chi connectivity index (χ0) is 20.8. The van der Waals surface area contributed by atoms with Crippen LogP contribution >= 0.6 is 0 Å². The number of halogens is 2. The Morgan fingerprint density at radius 2 is 1.72 bits per heavy atom. The Hall–Kier alpha value is -3.10. The predicted molar refractivity (Wildman–Crippen MR) is 101 cm³/mol. The molecule has 0 aliphatic rings. The van der Waals surface area contributed by atoms with Gasteiger partial charge in [0.15, 0.2) is 0 Å². The second-order valence-corrected chi connectivity index (χ2v) is 6.34. The molecule has 2 aromatic carbocycles. The lowest BCUT2D eigenvalue weighted by Gasteiger charge is -2.12. The number of aromatic nitrogens is 2. The maximum Gasteiger partial charge on any atom is 0.257 e. The first-order chi connectivity index (χ1) is 14.0. The third-order valence-electron chi connectivity index (χ3n) is 4.27. The average molecular weight is 402 g/mol. The summed E-state index contributed by atoms with van der Waals surface area (Å²) in [5.74, 6) is -0.838. The van der Waals surface area contributed by atoms with Crippen molar-refractivity contribution in [2.24, 2.45) is 0 Å². The van der Waals surface area contributed by atoms with Crippen LogP contribution in [0.25, 0.3) is 0 Å². The van der Waals surface area contributed by atoms with Crippen LogP contribution in [-0.2, 0) is 29.5 Å². The monoisotopic (exact) mass is 402 g/mol. The highest BCUT2D eigenvalue weighted by molar-refractivity contribution is 5.23. The van der Waals surface area contributed by atoms with Crippen LogP contribution in [0.5, 0.6) is 5.88 Å². The minimum atomic E-state index is -0.714. The summed E-state index contributed by atoms with van der Waals surface area (Å²) in [6.07, 6.45) is 0. The van der Waals surface area contributed by atoms with Crippen LogP contribution < -0.4 is 10.3 Å². The van der Waals surface area contributed by atoms with Gasteiger partial charge in [0.05, 0.1) is 19.7 Å². The number of rotatable bonds is 8. The molecule has 0 radical (unpaired) electrons. The average Bonchev–Trinajstić information content (AvgIpc) is 2.69. The zero-order valence-corrected chi connectivity index (χ0v) is 16.0. The van der Waals surface area contributed by atoms with Gasteiger partial charge in [-0.05, 0) is 30.2 Å². The quantitative estimate of drug-likeness (QED) is 0.426. The van der Waals surface area contributed by atoms with Crippen molar-refractivity contribution in [3.63, 3.8) is 0 Å². The second-order valence-electron chi connectivity index (χ2n) is 6.34. The minimum absolute atomic E-state index is 0.0829. The number of hydrogen-bond donors (Lipinski definition) is 0. The van der Waals surface area contributed by atoms with Gasteiger partial charge < -0.3 is 4.74 Å². The molecular weight excluding hydrogens is 382 g/mol. The normalized spacial score (nSPS) is 10.9. The Kier molecular flexibility index (Phi) is 6.69. The minimum Gasteiger partial charge on any atom is -0.472 e. The Morgan fingerprint density at radius 1 is 1.00 bits per heavy atom. The fourth-order valence-corrected chi connectivity index (χ4v) is 2.70. The molecule has 0 saturated heterocycles. The van der Waals surface area contributed by atoms with E-state index in [1.165, 1.54) is 23.8 Å². The molecule has 0 aliphatic heterocycles. The summed E-state index contributed by atoms with van der Waals surface area (Å²) in [5, 5.41) is 0. The SMILES string of the molecule is COOCc1ccc(Cn2c(C)nc(OCc3ccc(F)cc3F)cc2=O)cc1. The van der Waals surface area contributed by atoms with Crippen LogP contribution in [0.4, 0.5) is 8.78 Å². The highest BCUT2D eigenvalue weighted by Crippen LogP contribution is 2.14. The lowest BCUT2D eigenvalue weighted by atomic mass is 10.1. The van der Waals surface area contributed by atoms with E-state index in [0.717, 1.165) is 23.3 Å². The van der Waals surface area contributed by atoms with Crippen molar-refractivity contribution in [1.82, 2.24) is 9.55 Å². The molecule has 0 amide bonds. The van der Waals surface area contributed by atoms with E-state index in [-0.39, 0.29) is 23.6 Å². The summed E-state index contributed by atoms with van der Waals surface area (Å²) in [7, 11) is 1.44. The van der Waals surface area contributed by atoms with Gasteiger partial charge in [0.1, 0.15) is 30.7 Å². The fourth-order valence-electron chi connectivity index (χ4n) is 2.70. The largest absolute Gasteiger partial charge is 0.472 e. The molecule has 3 rings (SSSR count). The van der Waals surface area contributed by atoms with Gasteiger partial charge in [-0.3, -0.25) is 9.36 Å². The molecule has 1 heterocycles. The first-order valence-electron chi connectivity index (χ1n) is 8.85. The molecule has 8 heteroatoms. The topological polar surface area (TPSA) is 62.6 Å². The Morgan fingerprint density at radius 3 is 2.38 bits per heavy atom. The summed E-state index contributed by atoms with van der Waals surface area (Å²) in [5.41, 5.74) is 1.74. The molecule has 1 aromatic heterocycles. The van der Waals surface area contributed by atoms with Gasteiger partial charge in [-0.15, -0.1) is 0 Å². The van der Waals surface area contributed by atoms with Crippen molar-refractivity contribution in [2.45, 2.75) is 26.7 Å². The molecule has 0 bridgehead atoms. The standard InChI is InChI=1S/C21H20F2N2O4/c1-14-24-20(28-13-17-7-8-18(22)9-19(17)23)10-21(26)25(14)11-15-3-5-16(6-4-15)12-29-27-2/h3-10H,11-13H2,1-2H3. The molecule has 152 valence electrons. The number of benzene rings is 2. The van der Waals surface area contributed by atoms with Crippen molar-refractivity contribution in [3.8, 4) is 5.88 Å². The molecule has 0 N–H and O–H groups in total. The Balaban J connectivity index is 1.69. The Labute approximate surface area is 166 Å². The molecular formula is C21H20F2N2O4. The number of nitrogens with zero attached hydrogens (tertiary/aromatic N) is 2. The highest BCUT2D eigenvalue weighted by Gasteiger charge is 2.09. The van der Waals surface area contributed by atoms with E-state index in [9.17, 15) is 13.6 Å². The highest BCUT2D eigenvalue weighted by atomic mass is 19.1. The van der Waals surface area contributed by atoms with Crippen molar-refractivity contribution in [3.05, 3.63) is 93.0 Å². The molecule has 0 saturated carbocycles. The zero-order valence-electron chi connectivity index (χ0n) is 16.0. The van der Waals surface area contributed by atoms with Crippen LogP contribution in [0.1, 0.15) is 22.5 Å². The van der Waals surface area contributed by atoms with E-state index in [1.54, 1.807) is 6.92 Å². The van der Waals surface area contributed by atoms with Crippen molar-refractivity contribution in [1.29, 1.82) is 0 Å².